The predicted molar refractivity (Wildman–Crippen MR) is 64.6 cm³/mol. The van der Waals surface area contributed by atoms with E-state index in [-0.39, 0.29) is 5.91 Å². The number of hydrogen-bond donors (Lipinski definition) is 1. The lowest BCUT2D eigenvalue weighted by molar-refractivity contribution is 0.0920. The van der Waals surface area contributed by atoms with E-state index in [1.807, 2.05) is 0 Å². The van der Waals surface area contributed by atoms with Crippen molar-refractivity contribution in [2.75, 3.05) is 19.8 Å². The monoisotopic (exact) mass is 237 g/mol. The van der Waals surface area contributed by atoms with Crippen molar-refractivity contribution in [3.8, 4) is 0 Å². The molecule has 5 nitrogen and oxygen atoms in total. The molecule has 17 heavy (non-hydrogen) atoms. The molecule has 1 rings (SSSR count). The highest BCUT2D eigenvalue weighted by Gasteiger charge is 2.05. The van der Waals surface area contributed by atoms with Crippen LogP contribution in [0, 0.1) is 5.92 Å². The third-order valence-electron chi connectivity index (χ3n) is 2.00. The van der Waals surface area contributed by atoms with Crippen LogP contribution in [0.5, 0.6) is 0 Å². The Morgan fingerprint density at radius 3 is 2.94 bits per heavy atom. The minimum absolute atomic E-state index is 0.193. The molecule has 0 atom stereocenters. The molecule has 0 fully saturated rings. The molecule has 0 unspecified atom stereocenters. The number of rotatable bonds is 7. The first-order valence-corrected chi connectivity index (χ1v) is 5.82. The second-order valence-corrected chi connectivity index (χ2v) is 4.17. The fourth-order valence-electron chi connectivity index (χ4n) is 1.20. The smallest absolute Gasteiger partial charge is 0.271 e. The lowest BCUT2D eigenvalue weighted by Crippen LogP contribution is -2.26. The topological polar surface area (TPSA) is 64.1 Å². The van der Waals surface area contributed by atoms with Gasteiger partial charge in [0, 0.05) is 32.2 Å². The van der Waals surface area contributed by atoms with Crippen molar-refractivity contribution in [3.63, 3.8) is 0 Å². The number of nitrogens with one attached hydrogen (secondary N) is 1. The van der Waals surface area contributed by atoms with E-state index in [2.05, 4.69) is 29.1 Å². The van der Waals surface area contributed by atoms with Crippen molar-refractivity contribution >= 4 is 5.91 Å². The van der Waals surface area contributed by atoms with Crippen LogP contribution in [0.25, 0.3) is 0 Å². The molecule has 0 aliphatic carbocycles. The van der Waals surface area contributed by atoms with Gasteiger partial charge in [0.25, 0.3) is 5.91 Å². The number of amides is 1. The van der Waals surface area contributed by atoms with Gasteiger partial charge in [0.2, 0.25) is 0 Å². The van der Waals surface area contributed by atoms with E-state index in [0.717, 1.165) is 13.0 Å². The first-order chi connectivity index (χ1) is 8.20. The Morgan fingerprint density at radius 2 is 2.29 bits per heavy atom. The molecule has 5 heteroatoms. The van der Waals surface area contributed by atoms with Gasteiger partial charge in [0.1, 0.15) is 5.69 Å². The van der Waals surface area contributed by atoms with Gasteiger partial charge in [-0.15, -0.1) is 0 Å². The van der Waals surface area contributed by atoms with Crippen molar-refractivity contribution in [2.45, 2.75) is 20.3 Å². The van der Waals surface area contributed by atoms with E-state index in [0.29, 0.717) is 24.8 Å². The zero-order valence-corrected chi connectivity index (χ0v) is 10.3. The van der Waals surface area contributed by atoms with Crippen molar-refractivity contribution in [1.82, 2.24) is 15.3 Å². The van der Waals surface area contributed by atoms with Gasteiger partial charge in [0.05, 0.1) is 6.20 Å². The normalized spacial score (nSPS) is 10.5. The van der Waals surface area contributed by atoms with Gasteiger partial charge >= 0.3 is 0 Å². The van der Waals surface area contributed by atoms with Gasteiger partial charge in [-0.1, -0.05) is 13.8 Å². The number of hydrogen-bond acceptors (Lipinski definition) is 4. The summed E-state index contributed by atoms with van der Waals surface area (Å²) in [4.78, 5) is 19.3. The summed E-state index contributed by atoms with van der Waals surface area (Å²) in [7, 11) is 0. The summed E-state index contributed by atoms with van der Waals surface area (Å²) in [6.45, 7) is 6.23. The van der Waals surface area contributed by atoms with E-state index < -0.39 is 0 Å². The summed E-state index contributed by atoms with van der Waals surface area (Å²) < 4.78 is 5.40. The minimum atomic E-state index is -0.193. The summed E-state index contributed by atoms with van der Waals surface area (Å²) in [6.07, 6.45) is 5.29. The van der Waals surface area contributed by atoms with Crippen LogP contribution in [0.15, 0.2) is 18.6 Å². The molecule has 1 amide bonds. The molecule has 0 aliphatic heterocycles. The molecular weight excluding hydrogens is 218 g/mol. The van der Waals surface area contributed by atoms with E-state index in [1.165, 1.54) is 18.6 Å². The average Bonchev–Trinajstić information content (AvgIpc) is 2.34. The van der Waals surface area contributed by atoms with Gasteiger partial charge in [0.15, 0.2) is 0 Å². The molecule has 0 spiro atoms. The van der Waals surface area contributed by atoms with Crippen LogP contribution >= 0.6 is 0 Å². The van der Waals surface area contributed by atoms with Crippen LogP contribution in [-0.4, -0.2) is 35.6 Å². The van der Waals surface area contributed by atoms with Crippen LogP contribution in [0.3, 0.4) is 0 Å². The molecule has 1 aromatic heterocycles. The summed E-state index contributed by atoms with van der Waals surface area (Å²) in [5.74, 6) is 0.353. The fourth-order valence-corrected chi connectivity index (χ4v) is 1.20. The molecule has 1 N–H and O–H groups in total. The van der Waals surface area contributed by atoms with Crippen LogP contribution in [0.1, 0.15) is 30.8 Å². The quantitative estimate of drug-likeness (QED) is 0.725. The van der Waals surface area contributed by atoms with Crippen LogP contribution in [0.2, 0.25) is 0 Å². The highest BCUT2D eigenvalue weighted by atomic mass is 16.5. The van der Waals surface area contributed by atoms with E-state index >= 15 is 0 Å². The molecule has 0 bridgehead atoms. The second kappa shape index (κ2) is 7.73. The van der Waals surface area contributed by atoms with Gasteiger partial charge in [-0.05, 0) is 12.3 Å². The first-order valence-electron chi connectivity index (χ1n) is 5.82. The maximum absolute atomic E-state index is 11.5. The van der Waals surface area contributed by atoms with E-state index in [9.17, 15) is 4.79 Å². The highest BCUT2D eigenvalue weighted by molar-refractivity contribution is 5.91. The molecule has 1 heterocycles. The SMILES string of the molecule is CC(C)COCCCNC(=O)c1cnccn1. The Balaban J connectivity index is 2.09. The molecule has 0 aromatic carbocycles. The van der Waals surface area contributed by atoms with Crippen LogP contribution in [-0.2, 0) is 4.74 Å². The largest absolute Gasteiger partial charge is 0.381 e. The van der Waals surface area contributed by atoms with Crippen molar-refractivity contribution in [3.05, 3.63) is 24.3 Å². The van der Waals surface area contributed by atoms with Crippen molar-refractivity contribution in [2.24, 2.45) is 5.92 Å². The zero-order chi connectivity index (χ0) is 12.5. The Hall–Kier alpha value is -1.49. The first kappa shape index (κ1) is 13.6. The Morgan fingerprint density at radius 1 is 1.47 bits per heavy atom. The number of nitrogens with zero attached hydrogens (tertiary/aromatic N) is 2. The second-order valence-electron chi connectivity index (χ2n) is 4.17. The summed E-state index contributed by atoms with van der Waals surface area (Å²) in [6, 6.07) is 0. The predicted octanol–water partition coefficient (Wildman–Crippen LogP) is 1.27. The number of carbonyl (C=O) groups excluding carboxylic acids is 1. The lowest BCUT2D eigenvalue weighted by atomic mass is 10.2. The van der Waals surface area contributed by atoms with Crippen LogP contribution in [0.4, 0.5) is 0 Å². The maximum Gasteiger partial charge on any atom is 0.271 e. The van der Waals surface area contributed by atoms with Crippen molar-refractivity contribution < 1.29 is 9.53 Å². The Bertz CT molecular complexity index is 328. The molecule has 0 saturated carbocycles. The summed E-state index contributed by atoms with van der Waals surface area (Å²) in [5, 5.41) is 2.77. The average molecular weight is 237 g/mol. The molecule has 94 valence electrons. The maximum atomic E-state index is 11.5. The molecule has 0 saturated heterocycles. The number of carbonyl (C=O) groups is 1. The third-order valence-corrected chi connectivity index (χ3v) is 2.00. The standard InChI is InChI=1S/C12H19N3O2/c1-10(2)9-17-7-3-4-15-12(16)11-8-13-5-6-14-11/h5-6,8,10H,3-4,7,9H2,1-2H3,(H,15,16). The molecule has 1 aromatic rings. The van der Waals surface area contributed by atoms with Gasteiger partial charge in [-0.2, -0.15) is 0 Å². The number of ether oxygens (including phenoxy) is 1. The van der Waals surface area contributed by atoms with Gasteiger partial charge in [-0.25, -0.2) is 4.98 Å². The van der Waals surface area contributed by atoms with Gasteiger partial charge < -0.3 is 10.1 Å². The Labute approximate surface area is 102 Å². The molecular formula is C12H19N3O2. The fraction of sp³-hybridized carbons (Fsp3) is 0.583. The Kier molecular flexibility index (Phi) is 6.17. The summed E-state index contributed by atoms with van der Waals surface area (Å²) >= 11 is 0. The van der Waals surface area contributed by atoms with E-state index in [4.69, 9.17) is 4.74 Å². The zero-order valence-electron chi connectivity index (χ0n) is 10.3. The highest BCUT2D eigenvalue weighted by Crippen LogP contribution is 1.93. The van der Waals surface area contributed by atoms with E-state index in [1.54, 1.807) is 0 Å². The third kappa shape index (κ3) is 5.97. The number of aromatic nitrogens is 2. The summed E-state index contributed by atoms with van der Waals surface area (Å²) in [5.41, 5.74) is 0.343. The molecule has 0 radical (unpaired) electrons. The minimum Gasteiger partial charge on any atom is -0.381 e. The van der Waals surface area contributed by atoms with Gasteiger partial charge in [-0.3, -0.25) is 9.78 Å². The lowest BCUT2D eigenvalue weighted by Gasteiger charge is -2.07. The van der Waals surface area contributed by atoms with Crippen molar-refractivity contribution in [1.29, 1.82) is 0 Å². The molecule has 0 aliphatic rings. The van der Waals surface area contributed by atoms with Crippen LogP contribution < -0.4 is 5.32 Å².